The van der Waals surface area contributed by atoms with Gasteiger partial charge in [-0.3, -0.25) is 0 Å². The van der Waals surface area contributed by atoms with Crippen molar-refractivity contribution < 1.29 is 18.3 Å². The van der Waals surface area contributed by atoms with Crippen LogP contribution in [0.25, 0.3) is 0 Å². The molecule has 0 unspecified atom stereocenters. The van der Waals surface area contributed by atoms with Gasteiger partial charge in [-0.1, -0.05) is 12.6 Å². The van der Waals surface area contributed by atoms with E-state index < -0.39 is 23.2 Å². The first-order valence-corrected chi connectivity index (χ1v) is 6.29. The van der Waals surface area contributed by atoms with E-state index in [9.17, 15) is 13.6 Å². The Labute approximate surface area is 111 Å². The summed E-state index contributed by atoms with van der Waals surface area (Å²) in [5.74, 6) is -2.31. The summed E-state index contributed by atoms with van der Waals surface area (Å²) in [4.78, 5) is 11.7. The van der Waals surface area contributed by atoms with Gasteiger partial charge in [-0.2, -0.15) is 0 Å². The van der Waals surface area contributed by atoms with Crippen molar-refractivity contribution in [1.29, 1.82) is 0 Å². The van der Waals surface area contributed by atoms with Gasteiger partial charge >= 0.3 is 5.97 Å². The lowest BCUT2D eigenvalue weighted by Gasteiger charge is -2.29. The van der Waals surface area contributed by atoms with Crippen molar-refractivity contribution >= 4 is 5.97 Å². The highest BCUT2D eigenvalue weighted by molar-refractivity contribution is 5.87. The van der Waals surface area contributed by atoms with Gasteiger partial charge in [0, 0.05) is 5.57 Å². The van der Waals surface area contributed by atoms with Gasteiger partial charge in [-0.25, -0.2) is 13.6 Å². The van der Waals surface area contributed by atoms with Crippen molar-refractivity contribution in [2.75, 3.05) is 0 Å². The van der Waals surface area contributed by atoms with Gasteiger partial charge in [-0.15, -0.1) is 0 Å². The number of carbonyl (C=O) groups is 1. The van der Waals surface area contributed by atoms with E-state index in [-0.39, 0.29) is 0 Å². The van der Waals surface area contributed by atoms with Crippen LogP contribution in [0.15, 0.2) is 30.4 Å². The van der Waals surface area contributed by atoms with Crippen LogP contribution in [-0.2, 0) is 15.1 Å². The van der Waals surface area contributed by atoms with Crippen LogP contribution < -0.4 is 0 Å². The average Bonchev–Trinajstić information content (AvgIpc) is 2.82. The Morgan fingerprint density at radius 1 is 1.26 bits per heavy atom. The Bertz CT molecular complexity index is 517. The molecule has 0 spiro atoms. The zero-order valence-corrected chi connectivity index (χ0v) is 10.8. The van der Waals surface area contributed by atoms with E-state index in [1.54, 1.807) is 6.92 Å². The number of carbonyl (C=O) groups excluding carboxylic acids is 1. The first-order valence-electron chi connectivity index (χ1n) is 6.29. The van der Waals surface area contributed by atoms with Gasteiger partial charge < -0.3 is 4.74 Å². The molecule has 19 heavy (non-hydrogen) atoms. The van der Waals surface area contributed by atoms with E-state index in [1.165, 1.54) is 6.07 Å². The zero-order chi connectivity index (χ0) is 14.0. The summed E-state index contributed by atoms with van der Waals surface area (Å²) in [6, 6.07) is 3.67. The smallest absolute Gasteiger partial charge is 0.333 e. The van der Waals surface area contributed by atoms with Crippen LogP contribution in [0, 0.1) is 11.6 Å². The summed E-state index contributed by atoms with van der Waals surface area (Å²) in [7, 11) is 0. The molecule has 2 rings (SSSR count). The van der Waals surface area contributed by atoms with Crippen LogP contribution >= 0.6 is 0 Å². The van der Waals surface area contributed by atoms with Crippen LogP contribution in [0.1, 0.15) is 38.2 Å². The lowest BCUT2D eigenvalue weighted by molar-refractivity contribution is -0.155. The number of ether oxygens (including phenoxy) is 1. The van der Waals surface area contributed by atoms with E-state index in [0.717, 1.165) is 25.0 Å². The molecule has 1 fully saturated rings. The molecule has 4 heteroatoms. The maximum atomic E-state index is 13.4. The van der Waals surface area contributed by atoms with Crippen molar-refractivity contribution in [3.63, 3.8) is 0 Å². The van der Waals surface area contributed by atoms with E-state index in [2.05, 4.69) is 6.58 Å². The zero-order valence-electron chi connectivity index (χ0n) is 10.8. The molecule has 1 aromatic carbocycles. The van der Waals surface area contributed by atoms with Gasteiger partial charge in [-0.05, 0) is 50.3 Å². The minimum absolute atomic E-state index is 0.300. The monoisotopic (exact) mass is 266 g/mol. The maximum Gasteiger partial charge on any atom is 0.333 e. The number of halogens is 2. The summed E-state index contributed by atoms with van der Waals surface area (Å²) in [5.41, 5.74) is -0.0303. The normalized spacial score (nSPS) is 17.2. The van der Waals surface area contributed by atoms with Crippen molar-refractivity contribution in [1.82, 2.24) is 0 Å². The van der Waals surface area contributed by atoms with Crippen LogP contribution in [0.5, 0.6) is 0 Å². The fraction of sp³-hybridized carbons (Fsp3) is 0.400. The molecule has 0 bridgehead atoms. The molecule has 0 aromatic heterocycles. The highest BCUT2D eigenvalue weighted by Crippen LogP contribution is 2.42. The van der Waals surface area contributed by atoms with Gasteiger partial charge in [0.25, 0.3) is 0 Å². The Kier molecular flexibility index (Phi) is 3.69. The summed E-state index contributed by atoms with van der Waals surface area (Å²) in [6.45, 7) is 5.11. The van der Waals surface area contributed by atoms with E-state index in [0.29, 0.717) is 24.0 Å². The SMILES string of the molecule is C=C(C)C(=O)OC1(c2ccc(F)c(F)c2)CCCC1. The molecule has 0 radical (unpaired) electrons. The third-order valence-corrected chi connectivity index (χ3v) is 3.49. The maximum absolute atomic E-state index is 13.4. The molecule has 0 amide bonds. The number of hydrogen-bond acceptors (Lipinski definition) is 2. The molecule has 0 saturated heterocycles. The van der Waals surface area contributed by atoms with Crippen LogP contribution in [0.2, 0.25) is 0 Å². The Morgan fingerprint density at radius 3 is 2.42 bits per heavy atom. The molecule has 1 aliphatic carbocycles. The molecule has 1 saturated carbocycles. The Balaban J connectivity index is 2.36. The first-order chi connectivity index (χ1) is 8.94. The summed E-state index contributed by atoms with van der Waals surface area (Å²) in [6.07, 6.45) is 3.03. The topological polar surface area (TPSA) is 26.3 Å². The third-order valence-electron chi connectivity index (χ3n) is 3.49. The van der Waals surface area contributed by atoms with Crippen LogP contribution in [-0.4, -0.2) is 5.97 Å². The lowest BCUT2D eigenvalue weighted by Crippen LogP contribution is -2.30. The standard InChI is InChI=1S/C15H16F2O2/c1-10(2)14(18)19-15(7-3-4-8-15)11-5-6-12(16)13(17)9-11/h5-6,9H,1,3-4,7-8H2,2H3. The van der Waals surface area contributed by atoms with Crippen LogP contribution in [0.4, 0.5) is 8.78 Å². The molecular weight excluding hydrogens is 250 g/mol. The highest BCUT2D eigenvalue weighted by Gasteiger charge is 2.40. The molecule has 0 N–H and O–H groups in total. The molecule has 2 nitrogen and oxygen atoms in total. The fourth-order valence-electron chi connectivity index (χ4n) is 2.44. The summed E-state index contributed by atoms with van der Waals surface area (Å²) >= 11 is 0. The fourth-order valence-corrected chi connectivity index (χ4v) is 2.44. The molecule has 1 aromatic rings. The molecular formula is C15H16F2O2. The molecule has 102 valence electrons. The van der Waals surface area contributed by atoms with Crippen molar-refractivity contribution in [3.8, 4) is 0 Å². The van der Waals surface area contributed by atoms with Gasteiger partial charge in [0.2, 0.25) is 0 Å². The highest BCUT2D eigenvalue weighted by atomic mass is 19.2. The predicted octanol–water partition coefficient (Wildman–Crippen LogP) is 3.85. The minimum Gasteiger partial charge on any atom is -0.451 e. The Morgan fingerprint density at radius 2 is 1.89 bits per heavy atom. The van der Waals surface area contributed by atoms with Gasteiger partial charge in [0.15, 0.2) is 11.6 Å². The van der Waals surface area contributed by atoms with E-state index in [1.807, 2.05) is 0 Å². The van der Waals surface area contributed by atoms with Crippen LogP contribution in [0.3, 0.4) is 0 Å². The molecule has 0 heterocycles. The van der Waals surface area contributed by atoms with Crippen molar-refractivity contribution in [2.24, 2.45) is 0 Å². The second-order valence-corrected chi connectivity index (χ2v) is 5.00. The third kappa shape index (κ3) is 2.67. The first kappa shape index (κ1) is 13.7. The minimum atomic E-state index is -0.921. The lowest BCUT2D eigenvalue weighted by atomic mass is 9.91. The largest absolute Gasteiger partial charge is 0.451 e. The number of esters is 1. The predicted molar refractivity (Wildman–Crippen MR) is 67.4 cm³/mol. The summed E-state index contributed by atoms with van der Waals surface area (Å²) < 4.78 is 31.9. The van der Waals surface area contributed by atoms with Gasteiger partial charge in [0.1, 0.15) is 5.60 Å². The second-order valence-electron chi connectivity index (χ2n) is 5.00. The Hall–Kier alpha value is -1.71. The van der Waals surface area contributed by atoms with Crippen molar-refractivity contribution in [2.45, 2.75) is 38.2 Å². The second kappa shape index (κ2) is 5.11. The molecule has 1 aliphatic rings. The van der Waals surface area contributed by atoms with Crippen molar-refractivity contribution in [3.05, 3.63) is 47.5 Å². The number of rotatable bonds is 3. The summed E-state index contributed by atoms with van der Waals surface area (Å²) in [5, 5.41) is 0. The average molecular weight is 266 g/mol. The van der Waals surface area contributed by atoms with E-state index >= 15 is 0 Å². The number of benzene rings is 1. The molecule has 0 atom stereocenters. The molecule has 0 aliphatic heterocycles. The quantitative estimate of drug-likeness (QED) is 0.613. The number of hydrogen-bond donors (Lipinski definition) is 0. The van der Waals surface area contributed by atoms with E-state index in [4.69, 9.17) is 4.74 Å². The van der Waals surface area contributed by atoms with Gasteiger partial charge in [0.05, 0.1) is 0 Å².